The molecule has 14 nitrogen and oxygen atoms in total. The van der Waals surface area contributed by atoms with E-state index in [4.69, 9.17) is 19.9 Å². The molecule has 5 rings (SSSR count). The number of rotatable bonds is 12. The van der Waals surface area contributed by atoms with Crippen LogP contribution in [0.25, 0.3) is 11.0 Å². The molecule has 2 aromatic carbocycles. The van der Waals surface area contributed by atoms with Gasteiger partial charge in [0.15, 0.2) is 5.76 Å². The van der Waals surface area contributed by atoms with Crippen molar-refractivity contribution in [2.75, 3.05) is 0 Å². The maximum atomic E-state index is 14.2. The standard InChI is InChI=1S/C32H36F2N5O9P/c33-32(34,49(45,46)47)20-9-13-25-19(15-20)16-26(48-25)30(43)38-23-8-4-7-21-10-12-24(39(21)31(23)44)29(42)37-22(11-14-27(35)40)28(41)36-17-18-5-2-1-3-6-18/h1-3,5-6,9,13,15-16,21-24H,4,7-8,10-12,14,17H2,(H2,35,40)(H,36,41)(H,37,42)(H,38,43)(H2,45,46,47)/t21?,22?,23-,24-/m0/s1. The van der Waals surface area contributed by atoms with E-state index in [0.717, 1.165) is 29.8 Å². The van der Waals surface area contributed by atoms with E-state index in [0.29, 0.717) is 25.7 Å². The zero-order valence-electron chi connectivity index (χ0n) is 26.1. The smallest absolute Gasteiger partial charge is 0.399 e. The molecule has 4 atom stereocenters. The van der Waals surface area contributed by atoms with Crippen LogP contribution in [-0.4, -0.2) is 68.4 Å². The predicted molar refractivity (Wildman–Crippen MR) is 170 cm³/mol. The Hall–Kier alpha value is -4.66. The summed E-state index contributed by atoms with van der Waals surface area (Å²) < 4.78 is 45.3. The van der Waals surface area contributed by atoms with Gasteiger partial charge in [-0.2, -0.15) is 8.78 Å². The molecular formula is C32H36F2N5O9P. The molecule has 2 aliphatic rings. The molecule has 17 heteroatoms. The van der Waals surface area contributed by atoms with Gasteiger partial charge in [-0.25, -0.2) is 0 Å². The molecule has 2 fully saturated rings. The van der Waals surface area contributed by atoms with Crippen LogP contribution in [0.4, 0.5) is 8.78 Å². The van der Waals surface area contributed by atoms with Gasteiger partial charge < -0.3 is 40.8 Å². The normalized spacial score (nSPS) is 20.3. The zero-order valence-corrected chi connectivity index (χ0v) is 27.0. The Balaban J connectivity index is 1.28. The van der Waals surface area contributed by atoms with Crippen LogP contribution < -0.4 is 21.7 Å². The number of benzene rings is 2. The number of nitrogens with two attached hydrogens (primary N) is 1. The van der Waals surface area contributed by atoms with E-state index in [1.807, 2.05) is 30.3 Å². The van der Waals surface area contributed by atoms with Gasteiger partial charge in [0.25, 0.3) is 5.91 Å². The number of hydrogen-bond acceptors (Lipinski definition) is 7. The second-order valence-corrected chi connectivity index (χ2v) is 13.8. The van der Waals surface area contributed by atoms with E-state index in [1.54, 1.807) is 0 Å². The first kappa shape index (κ1) is 35.6. The Kier molecular flexibility index (Phi) is 10.5. The number of alkyl halides is 2. The fourth-order valence-corrected chi connectivity index (χ4v) is 6.70. The Morgan fingerprint density at radius 1 is 1.04 bits per heavy atom. The lowest BCUT2D eigenvalue weighted by Gasteiger charge is -2.31. The van der Waals surface area contributed by atoms with Crippen LogP contribution >= 0.6 is 7.60 Å². The minimum Gasteiger partial charge on any atom is -0.451 e. The van der Waals surface area contributed by atoms with Crippen LogP contribution in [0.3, 0.4) is 0 Å². The van der Waals surface area contributed by atoms with Gasteiger partial charge >= 0.3 is 13.3 Å². The van der Waals surface area contributed by atoms with Crippen molar-refractivity contribution >= 4 is 48.1 Å². The molecule has 0 aliphatic carbocycles. The van der Waals surface area contributed by atoms with Gasteiger partial charge in [-0.15, -0.1) is 0 Å². The van der Waals surface area contributed by atoms with Gasteiger partial charge in [0.1, 0.15) is 23.7 Å². The number of nitrogens with one attached hydrogen (secondary N) is 3. The molecule has 0 spiro atoms. The summed E-state index contributed by atoms with van der Waals surface area (Å²) in [6, 6.07) is 9.45. The summed E-state index contributed by atoms with van der Waals surface area (Å²) in [6.45, 7) is 0.187. The summed E-state index contributed by atoms with van der Waals surface area (Å²) in [5.74, 6) is -3.44. The van der Waals surface area contributed by atoms with Crippen LogP contribution in [0.15, 0.2) is 59.0 Å². The lowest BCUT2D eigenvalue weighted by molar-refractivity contribution is -0.142. The van der Waals surface area contributed by atoms with Crippen LogP contribution in [-0.2, 0) is 36.0 Å². The molecule has 1 aromatic heterocycles. The second-order valence-electron chi connectivity index (χ2n) is 12.2. The molecule has 7 N–H and O–H groups in total. The molecule has 3 aromatic rings. The summed E-state index contributed by atoms with van der Waals surface area (Å²) in [7, 11) is -5.83. The highest BCUT2D eigenvalue weighted by atomic mass is 31.2. The summed E-state index contributed by atoms with van der Waals surface area (Å²) in [5.41, 5.74) is 0.703. The fraction of sp³-hybridized carbons (Fsp3) is 0.406. The molecule has 3 heterocycles. The number of carbonyl (C=O) groups excluding carboxylic acids is 5. The van der Waals surface area contributed by atoms with Crippen molar-refractivity contribution in [2.45, 2.75) is 81.3 Å². The number of furan rings is 1. The molecule has 0 saturated carbocycles. The molecular weight excluding hydrogens is 667 g/mol. The molecule has 0 radical (unpaired) electrons. The summed E-state index contributed by atoms with van der Waals surface area (Å²) in [5, 5.41) is 8.03. The third kappa shape index (κ3) is 7.98. The van der Waals surface area contributed by atoms with Gasteiger partial charge in [0.05, 0.1) is 0 Å². The minimum atomic E-state index is -5.83. The van der Waals surface area contributed by atoms with Gasteiger partial charge in [0.2, 0.25) is 23.6 Å². The Morgan fingerprint density at radius 2 is 1.78 bits per heavy atom. The Labute approximate surface area is 278 Å². The molecule has 262 valence electrons. The summed E-state index contributed by atoms with van der Waals surface area (Å²) in [6.07, 6.45) is 1.95. The van der Waals surface area contributed by atoms with Crippen molar-refractivity contribution in [3.8, 4) is 0 Å². The van der Waals surface area contributed by atoms with E-state index in [1.165, 1.54) is 4.90 Å². The lowest BCUT2D eigenvalue weighted by atomic mass is 10.1. The second kappa shape index (κ2) is 14.4. The Morgan fingerprint density at radius 3 is 2.47 bits per heavy atom. The largest absolute Gasteiger partial charge is 0.451 e. The maximum Gasteiger partial charge on any atom is 0.399 e. The molecule has 2 unspecified atom stereocenters. The van der Waals surface area contributed by atoms with Gasteiger partial charge in [-0.3, -0.25) is 28.5 Å². The molecule has 49 heavy (non-hydrogen) atoms. The summed E-state index contributed by atoms with van der Waals surface area (Å²) in [4.78, 5) is 84.8. The van der Waals surface area contributed by atoms with Crippen molar-refractivity contribution in [1.29, 1.82) is 0 Å². The van der Waals surface area contributed by atoms with Crippen LogP contribution in [0.1, 0.15) is 66.6 Å². The fourth-order valence-electron chi connectivity index (χ4n) is 6.22. The molecule has 2 saturated heterocycles. The average Bonchev–Trinajstić information content (AvgIpc) is 3.65. The number of amides is 5. The van der Waals surface area contributed by atoms with Gasteiger partial charge in [-0.1, -0.05) is 30.3 Å². The van der Waals surface area contributed by atoms with E-state index in [2.05, 4.69) is 16.0 Å². The molecule has 2 aliphatic heterocycles. The van der Waals surface area contributed by atoms with E-state index >= 15 is 0 Å². The number of halogens is 2. The van der Waals surface area contributed by atoms with E-state index in [-0.39, 0.29) is 48.6 Å². The SMILES string of the molecule is NC(=O)CCC(NC(=O)[C@@H]1CCC2CCC[C@H](NC(=O)c3cc4cc(C(F)(F)P(=O)(O)O)ccc4o3)C(=O)N21)C(=O)NCc1ccccc1. The number of carbonyl (C=O) groups is 5. The highest BCUT2D eigenvalue weighted by Gasteiger charge is 2.50. The first-order valence-corrected chi connectivity index (χ1v) is 17.3. The van der Waals surface area contributed by atoms with Crippen molar-refractivity contribution < 1.29 is 51.5 Å². The van der Waals surface area contributed by atoms with E-state index in [9.17, 15) is 37.3 Å². The predicted octanol–water partition coefficient (Wildman–Crippen LogP) is 2.37. The average molecular weight is 704 g/mol. The van der Waals surface area contributed by atoms with Crippen LogP contribution in [0, 0.1) is 0 Å². The monoisotopic (exact) mass is 703 g/mol. The summed E-state index contributed by atoms with van der Waals surface area (Å²) >= 11 is 0. The zero-order chi connectivity index (χ0) is 35.5. The highest BCUT2D eigenvalue weighted by Crippen LogP contribution is 2.59. The lowest BCUT2D eigenvalue weighted by Crippen LogP contribution is -2.57. The molecule has 5 amide bonds. The van der Waals surface area contributed by atoms with Gasteiger partial charge in [-0.05, 0) is 68.4 Å². The van der Waals surface area contributed by atoms with Gasteiger partial charge in [0, 0.05) is 30.0 Å². The third-order valence-corrected chi connectivity index (χ3v) is 9.76. The van der Waals surface area contributed by atoms with Crippen molar-refractivity contribution in [3.05, 3.63) is 71.5 Å². The Bertz CT molecular complexity index is 1800. The van der Waals surface area contributed by atoms with Crippen LogP contribution in [0.2, 0.25) is 0 Å². The van der Waals surface area contributed by atoms with E-state index < -0.39 is 66.5 Å². The molecule has 0 bridgehead atoms. The number of nitrogens with zero attached hydrogens (tertiary/aromatic N) is 1. The van der Waals surface area contributed by atoms with Crippen molar-refractivity contribution in [1.82, 2.24) is 20.9 Å². The topological polar surface area (TPSA) is 221 Å². The minimum absolute atomic E-state index is 0.00218. The quantitative estimate of drug-likeness (QED) is 0.152. The third-order valence-electron chi connectivity index (χ3n) is 8.77. The highest BCUT2D eigenvalue weighted by molar-refractivity contribution is 7.52. The number of hydrogen-bond donors (Lipinski definition) is 6. The first-order valence-electron chi connectivity index (χ1n) is 15.7. The number of primary amides is 1. The maximum absolute atomic E-state index is 14.2. The van der Waals surface area contributed by atoms with Crippen LogP contribution in [0.5, 0.6) is 0 Å². The van der Waals surface area contributed by atoms with Crippen molar-refractivity contribution in [3.63, 3.8) is 0 Å². The number of fused-ring (bicyclic) bond motifs is 2. The van der Waals surface area contributed by atoms with Crippen molar-refractivity contribution in [2.24, 2.45) is 5.73 Å². The first-order chi connectivity index (χ1) is 23.2.